The molecule has 0 amide bonds. The molecule has 0 bridgehead atoms. The molecule has 6 unspecified atom stereocenters. The first-order chi connectivity index (χ1) is 14.1. The molecule has 0 aliphatic heterocycles. The second kappa shape index (κ2) is 7.58. The number of Topliss-reactive ketones (excluding diaryl/α,β-unsaturated/α-hetero) is 1. The number of nitrogens with zero attached hydrogens (tertiary/aromatic N) is 3. The molecule has 0 saturated heterocycles. The van der Waals surface area contributed by atoms with Crippen molar-refractivity contribution < 1.29 is 4.79 Å². The molecular formula is C24H30ClN3O. The van der Waals surface area contributed by atoms with Crippen LogP contribution in [0.5, 0.6) is 0 Å². The molecule has 3 fully saturated rings. The summed E-state index contributed by atoms with van der Waals surface area (Å²) in [5, 5.41) is 10.9. The van der Waals surface area contributed by atoms with E-state index in [9.17, 15) is 4.79 Å². The molecule has 4 aliphatic rings. The van der Waals surface area contributed by atoms with E-state index in [0.717, 1.165) is 30.6 Å². The molecule has 0 radical (unpaired) electrons. The van der Waals surface area contributed by atoms with Crippen LogP contribution in [0.1, 0.15) is 58.3 Å². The van der Waals surface area contributed by atoms with Gasteiger partial charge in [0.15, 0.2) is 5.78 Å². The highest BCUT2D eigenvalue weighted by Crippen LogP contribution is 2.63. The average molecular weight is 412 g/mol. The molecule has 1 aromatic heterocycles. The van der Waals surface area contributed by atoms with Crippen LogP contribution in [-0.4, -0.2) is 20.8 Å². The first-order valence-corrected chi connectivity index (χ1v) is 11.6. The van der Waals surface area contributed by atoms with Gasteiger partial charge in [0.05, 0.1) is 12.4 Å². The minimum Gasteiger partial charge on any atom is -0.297 e. The van der Waals surface area contributed by atoms with Gasteiger partial charge in [-0.1, -0.05) is 24.5 Å². The number of hydrogen-bond acceptors (Lipinski definition) is 3. The summed E-state index contributed by atoms with van der Waals surface area (Å²) in [5.41, 5.74) is 1.80. The second-order valence-electron chi connectivity index (χ2n) is 9.97. The summed E-state index contributed by atoms with van der Waals surface area (Å²) in [6, 6.07) is 0. The first-order valence-electron chi connectivity index (χ1n) is 11.3. The highest BCUT2D eigenvalue weighted by atomic mass is 35.5. The Morgan fingerprint density at radius 3 is 2.83 bits per heavy atom. The molecule has 1 aromatic rings. The number of halogens is 1. The topological polar surface area (TPSA) is 47.8 Å². The van der Waals surface area contributed by atoms with Crippen molar-refractivity contribution in [2.75, 3.05) is 0 Å². The molecule has 5 heteroatoms. The van der Waals surface area contributed by atoms with Crippen LogP contribution in [0, 0.1) is 52.2 Å². The second-order valence-corrected chi connectivity index (χ2v) is 10.2. The normalized spacial score (nSPS) is 40.7. The highest BCUT2D eigenvalue weighted by Gasteiger charge is 2.57. The number of ketones is 1. The Bertz CT molecular complexity index is 866. The number of carbonyl (C=O) groups is 1. The Balaban J connectivity index is 1.33. The van der Waals surface area contributed by atoms with Crippen LogP contribution in [0.4, 0.5) is 0 Å². The lowest BCUT2D eigenvalue weighted by molar-refractivity contribution is -0.129. The Labute approximate surface area is 178 Å². The Morgan fingerprint density at radius 1 is 1.21 bits per heavy atom. The number of rotatable bonds is 3. The Kier molecular flexibility index (Phi) is 5.06. The molecular weight excluding hydrogens is 382 g/mol. The number of fused-ring (bicyclic) bond motifs is 5. The van der Waals surface area contributed by atoms with Crippen LogP contribution in [0.3, 0.4) is 0 Å². The molecule has 0 N–H and O–H groups in total. The van der Waals surface area contributed by atoms with Gasteiger partial charge in [-0.3, -0.25) is 4.79 Å². The van der Waals surface area contributed by atoms with Crippen molar-refractivity contribution >= 4 is 17.4 Å². The molecule has 0 aromatic carbocycles. The predicted molar refractivity (Wildman–Crippen MR) is 113 cm³/mol. The van der Waals surface area contributed by atoms with Crippen LogP contribution in [0.15, 0.2) is 24.0 Å². The van der Waals surface area contributed by atoms with Crippen LogP contribution < -0.4 is 0 Å². The molecule has 29 heavy (non-hydrogen) atoms. The van der Waals surface area contributed by atoms with Gasteiger partial charge >= 0.3 is 0 Å². The van der Waals surface area contributed by atoms with Crippen molar-refractivity contribution in [2.45, 2.75) is 64.8 Å². The van der Waals surface area contributed by atoms with E-state index in [1.165, 1.54) is 38.5 Å². The Hall–Kier alpha value is -1.60. The number of carbonyl (C=O) groups excluding carboxylic acids is 1. The van der Waals surface area contributed by atoms with Crippen LogP contribution in [-0.2, 0) is 11.3 Å². The van der Waals surface area contributed by atoms with Crippen molar-refractivity contribution in [2.24, 2.45) is 40.9 Å². The summed E-state index contributed by atoms with van der Waals surface area (Å²) in [7, 11) is 0. The van der Waals surface area contributed by atoms with Crippen LogP contribution >= 0.6 is 11.6 Å². The van der Waals surface area contributed by atoms with E-state index >= 15 is 0 Å². The molecule has 0 spiro atoms. The van der Waals surface area contributed by atoms with Gasteiger partial charge in [0.1, 0.15) is 6.54 Å². The maximum absolute atomic E-state index is 13.1. The van der Waals surface area contributed by atoms with Gasteiger partial charge in [0, 0.05) is 17.2 Å². The fraction of sp³-hybridized carbons (Fsp3) is 0.708. The van der Waals surface area contributed by atoms with Gasteiger partial charge < -0.3 is 0 Å². The molecule has 7 atom stereocenters. The van der Waals surface area contributed by atoms with Crippen molar-refractivity contribution in [3.8, 4) is 11.3 Å². The predicted octanol–water partition coefficient (Wildman–Crippen LogP) is 4.85. The van der Waals surface area contributed by atoms with Gasteiger partial charge in [0.25, 0.3) is 0 Å². The largest absolute Gasteiger partial charge is 0.297 e. The quantitative estimate of drug-likeness (QED) is 0.527. The van der Waals surface area contributed by atoms with Crippen LogP contribution in [0.2, 0.25) is 0 Å². The third kappa shape index (κ3) is 3.26. The number of allylic oxidation sites excluding steroid dienone is 2. The van der Waals surface area contributed by atoms with E-state index in [2.05, 4.69) is 34.5 Å². The average Bonchev–Trinajstić information content (AvgIpc) is 3.34. The first kappa shape index (κ1) is 19.4. The zero-order valence-electron chi connectivity index (χ0n) is 17.2. The molecule has 1 heterocycles. The molecule has 4 nitrogen and oxygen atoms in total. The summed E-state index contributed by atoms with van der Waals surface area (Å²) < 4.78 is 0. The summed E-state index contributed by atoms with van der Waals surface area (Å²) in [5.74, 6) is 7.12. The van der Waals surface area contributed by atoms with Crippen molar-refractivity contribution in [1.29, 1.82) is 0 Å². The maximum Gasteiger partial charge on any atom is 0.159 e. The summed E-state index contributed by atoms with van der Waals surface area (Å²) in [6.07, 6.45) is 15.3. The monoisotopic (exact) mass is 411 g/mol. The minimum absolute atomic E-state index is 0.151. The van der Waals surface area contributed by atoms with Crippen molar-refractivity contribution in [3.63, 3.8) is 0 Å². The van der Waals surface area contributed by atoms with Crippen molar-refractivity contribution in [3.05, 3.63) is 24.0 Å². The van der Waals surface area contributed by atoms with E-state index in [4.69, 9.17) is 11.6 Å². The Morgan fingerprint density at radius 2 is 2.03 bits per heavy atom. The van der Waals surface area contributed by atoms with Crippen molar-refractivity contribution in [1.82, 2.24) is 15.0 Å². The fourth-order valence-electron chi connectivity index (χ4n) is 7.57. The van der Waals surface area contributed by atoms with Gasteiger partial charge in [0.2, 0.25) is 0 Å². The summed E-state index contributed by atoms with van der Waals surface area (Å²) in [4.78, 5) is 14.7. The SMILES string of the molecule is CC12CCC3C4CC[C@H](C#CCl)CC4=CCC3C1CCC2C(=O)Cn1nccn1. The van der Waals surface area contributed by atoms with Gasteiger partial charge in [-0.2, -0.15) is 15.0 Å². The zero-order valence-corrected chi connectivity index (χ0v) is 17.9. The van der Waals surface area contributed by atoms with Gasteiger partial charge in [-0.25, -0.2) is 0 Å². The highest BCUT2D eigenvalue weighted by molar-refractivity contribution is 6.30. The van der Waals surface area contributed by atoms with Gasteiger partial charge in [-0.15, -0.1) is 0 Å². The lowest BCUT2D eigenvalue weighted by atomic mass is 9.51. The molecule has 3 saturated carbocycles. The summed E-state index contributed by atoms with van der Waals surface area (Å²) >= 11 is 5.66. The molecule has 154 valence electrons. The van der Waals surface area contributed by atoms with E-state index in [1.807, 2.05) is 0 Å². The minimum atomic E-state index is 0.151. The van der Waals surface area contributed by atoms with Gasteiger partial charge in [-0.05, 0) is 92.1 Å². The summed E-state index contributed by atoms with van der Waals surface area (Å²) in [6.45, 7) is 2.73. The lowest BCUT2D eigenvalue weighted by Gasteiger charge is -2.53. The maximum atomic E-state index is 13.1. The van der Waals surface area contributed by atoms with E-state index < -0.39 is 0 Å². The number of hydrogen-bond donors (Lipinski definition) is 0. The van der Waals surface area contributed by atoms with Crippen LogP contribution in [0.25, 0.3) is 0 Å². The standard InChI is InChI=1S/C24H30ClN3O/c1-24-10-8-19-18-4-2-16(9-11-25)14-17(18)3-5-20(19)21(24)6-7-22(24)23(29)15-28-26-12-13-27-28/h3,12-13,16,18-22H,2,4-8,10,14-15H2,1H3/t16-,18?,19?,20?,21?,22?,24?/m1/s1. The zero-order chi connectivity index (χ0) is 20.0. The third-order valence-corrected chi connectivity index (χ3v) is 8.97. The third-order valence-electron chi connectivity index (χ3n) is 8.86. The fourth-order valence-corrected chi connectivity index (χ4v) is 7.73. The van der Waals surface area contributed by atoms with E-state index in [0.29, 0.717) is 24.2 Å². The molecule has 4 aliphatic carbocycles. The smallest absolute Gasteiger partial charge is 0.159 e. The molecule has 5 rings (SSSR count). The number of aromatic nitrogens is 3. The van der Waals surface area contributed by atoms with E-state index in [1.54, 1.807) is 22.8 Å². The lowest BCUT2D eigenvalue weighted by Crippen LogP contribution is -2.47. The van der Waals surface area contributed by atoms with E-state index in [-0.39, 0.29) is 11.3 Å².